The maximum Gasteiger partial charge on any atom is 0.191 e. The summed E-state index contributed by atoms with van der Waals surface area (Å²) in [5, 5.41) is 6.83. The van der Waals surface area contributed by atoms with Crippen molar-refractivity contribution < 1.29 is 0 Å². The summed E-state index contributed by atoms with van der Waals surface area (Å²) in [5.41, 5.74) is 2.09. The molecule has 27 heavy (non-hydrogen) atoms. The van der Waals surface area contributed by atoms with Crippen molar-refractivity contribution in [3.05, 3.63) is 52.0 Å². The number of aromatic amines is 1. The Bertz CT molecular complexity index is 837. The number of nitrogens with one attached hydrogen (secondary N) is 3. The van der Waals surface area contributed by atoms with Crippen LogP contribution in [0.2, 0.25) is 0 Å². The molecular weight excluding hydrogens is 469 g/mol. The van der Waals surface area contributed by atoms with Crippen molar-refractivity contribution >= 4 is 52.3 Å². The van der Waals surface area contributed by atoms with Crippen molar-refractivity contribution in [3.8, 4) is 0 Å². The molecule has 0 aliphatic rings. The standard InChI is InChI=1S/C20H27N5S.HI/c1-4-21-20(23-14(2)13-16-10-9-15(3)26-16)22-12-11-19-24-17-7-5-6-8-18(17)25-19;/h5-10,14H,4,11-13H2,1-3H3,(H,24,25)(H2,21,22,23);1H. The number of rotatable bonds is 7. The van der Waals surface area contributed by atoms with Crippen LogP contribution >= 0.6 is 35.3 Å². The minimum atomic E-state index is 0. The summed E-state index contributed by atoms with van der Waals surface area (Å²) in [4.78, 5) is 15.4. The molecule has 3 rings (SSSR count). The van der Waals surface area contributed by atoms with Crippen LogP contribution in [-0.4, -0.2) is 35.1 Å². The van der Waals surface area contributed by atoms with Crippen LogP contribution in [0.25, 0.3) is 11.0 Å². The third-order valence-electron chi connectivity index (χ3n) is 4.09. The van der Waals surface area contributed by atoms with Crippen LogP contribution in [0, 0.1) is 6.92 Å². The van der Waals surface area contributed by atoms with E-state index in [0.29, 0.717) is 12.6 Å². The summed E-state index contributed by atoms with van der Waals surface area (Å²) in [7, 11) is 0. The molecule has 0 amide bonds. The summed E-state index contributed by atoms with van der Waals surface area (Å²) < 4.78 is 0. The van der Waals surface area contributed by atoms with Crippen LogP contribution in [-0.2, 0) is 12.8 Å². The number of halogens is 1. The lowest BCUT2D eigenvalue weighted by atomic mass is 10.2. The zero-order valence-electron chi connectivity index (χ0n) is 16.1. The van der Waals surface area contributed by atoms with Crippen molar-refractivity contribution in [2.24, 2.45) is 4.99 Å². The first-order valence-electron chi connectivity index (χ1n) is 9.18. The van der Waals surface area contributed by atoms with E-state index in [4.69, 9.17) is 4.99 Å². The van der Waals surface area contributed by atoms with Gasteiger partial charge in [0, 0.05) is 41.7 Å². The molecule has 1 aromatic carbocycles. The first-order valence-corrected chi connectivity index (χ1v) is 9.99. The molecule has 146 valence electrons. The molecule has 1 unspecified atom stereocenters. The number of imidazole rings is 1. The molecule has 3 aromatic rings. The molecule has 0 saturated heterocycles. The number of hydrogen-bond donors (Lipinski definition) is 3. The normalized spacial score (nSPS) is 12.6. The second-order valence-corrected chi connectivity index (χ2v) is 7.85. The lowest BCUT2D eigenvalue weighted by Gasteiger charge is -2.17. The van der Waals surface area contributed by atoms with Crippen LogP contribution in [0.15, 0.2) is 41.4 Å². The van der Waals surface area contributed by atoms with Gasteiger partial charge >= 0.3 is 0 Å². The molecule has 5 nitrogen and oxygen atoms in total. The summed E-state index contributed by atoms with van der Waals surface area (Å²) in [5.74, 6) is 1.84. The Labute approximate surface area is 182 Å². The van der Waals surface area contributed by atoms with Crippen LogP contribution < -0.4 is 10.6 Å². The van der Waals surface area contributed by atoms with E-state index in [0.717, 1.165) is 42.2 Å². The summed E-state index contributed by atoms with van der Waals surface area (Å²) in [6.45, 7) is 7.97. The summed E-state index contributed by atoms with van der Waals surface area (Å²) >= 11 is 1.86. The quantitative estimate of drug-likeness (QED) is 0.260. The number of aliphatic imine (C=N–C) groups is 1. The zero-order valence-corrected chi connectivity index (χ0v) is 19.2. The zero-order chi connectivity index (χ0) is 18.4. The molecule has 0 bridgehead atoms. The van der Waals surface area contributed by atoms with Gasteiger partial charge in [0.1, 0.15) is 5.82 Å². The van der Waals surface area contributed by atoms with E-state index >= 15 is 0 Å². The predicted octanol–water partition coefficient (Wildman–Crippen LogP) is 4.28. The predicted molar refractivity (Wildman–Crippen MR) is 127 cm³/mol. The van der Waals surface area contributed by atoms with Gasteiger partial charge in [-0.15, -0.1) is 35.3 Å². The number of nitrogens with zero attached hydrogens (tertiary/aromatic N) is 2. The molecule has 1 atom stereocenters. The molecule has 0 spiro atoms. The molecule has 0 aliphatic carbocycles. The third-order valence-corrected chi connectivity index (χ3v) is 5.11. The number of fused-ring (bicyclic) bond motifs is 1. The molecule has 0 radical (unpaired) electrons. The van der Waals surface area contributed by atoms with Crippen molar-refractivity contribution in [2.75, 3.05) is 13.1 Å². The monoisotopic (exact) mass is 497 g/mol. The van der Waals surface area contributed by atoms with Gasteiger partial charge in [0.25, 0.3) is 0 Å². The highest BCUT2D eigenvalue weighted by atomic mass is 127. The highest BCUT2D eigenvalue weighted by molar-refractivity contribution is 14.0. The molecule has 0 saturated carbocycles. The number of aryl methyl sites for hydroxylation is 1. The maximum absolute atomic E-state index is 4.70. The van der Waals surface area contributed by atoms with Gasteiger partial charge in [0.15, 0.2) is 5.96 Å². The van der Waals surface area contributed by atoms with Gasteiger partial charge in [-0.2, -0.15) is 0 Å². The van der Waals surface area contributed by atoms with E-state index < -0.39 is 0 Å². The number of H-pyrrole nitrogens is 1. The Balaban J connectivity index is 0.00000261. The fraction of sp³-hybridized carbons (Fsp3) is 0.400. The Morgan fingerprint density at radius 3 is 2.78 bits per heavy atom. The highest BCUT2D eigenvalue weighted by Gasteiger charge is 2.08. The van der Waals surface area contributed by atoms with Gasteiger partial charge in [0.05, 0.1) is 11.0 Å². The topological polar surface area (TPSA) is 65.1 Å². The Morgan fingerprint density at radius 2 is 2.07 bits per heavy atom. The van der Waals surface area contributed by atoms with Gasteiger partial charge in [-0.3, -0.25) is 4.99 Å². The lowest BCUT2D eigenvalue weighted by Crippen LogP contribution is -2.43. The largest absolute Gasteiger partial charge is 0.357 e. The lowest BCUT2D eigenvalue weighted by molar-refractivity contribution is 0.645. The Morgan fingerprint density at radius 1 is 1.26 bits per heavy atom. The van der Waals surface area contributed by atoms with Gasteiger partial charge < -0.3 is 15.6 Å². The van der Waals surface area contributed by atoms with Crippen LogP contribution in [0.1, 0.15) is 29.4 Å². The number of para-hydroxylation sites is 2. The molecule has 0 fully saturated rings. The SMILES string of the molecule is CCNC(=NCCc1nc2ccccc2[nH]1)NC(C)Cc1ccc(C)s1.I. The smallest absolute Gasteiger partial charge is 0.191 e. The molecule has 0 aliphatic heterocycles. The molecule has 2 aromatic heterocycles. The van der Waals surface area contributed by atoms with Crippen molar-refractivity contribution in [3.63, 3.8) is 0 Å². The van der Waals surface area contributed by atoms with Gasteiger partial charge in [0.2, 0.25) is 0 Å². The van der Waals surface area contributed by atoms with Crippen molar-refractivity contribution in [1.82, 2.24) is 20.6 Å². The second-order valence-electron chi connectivity index (χ2n) is 6.47. The molecule has 2 heterocycles. The van der Waals surface area contributed by atoms with Gasteiger partial charge in [-0.05, 0) is 45.0 Å². The fourth-order valence-corrected chi connectivity index (χ4v) is 3.92. The summed E-state index contributed by atoms with van der Waals surface area (Å²) in [6, 6.07) is 12.8. The van der Waals surface area contributed by atoms with Crippen LogP contribution in [0.5, 0.6) is 0 Å². The fourth-order valence-electron chi connectivity index (χ4n) is 2.90. The van der Waals surface area contributed by atoms with E-state index in [9.17, 15) is 0 Å². The number of benzene rings is 1. The van der Waals surface area contributed by atoms with Gasteiger partial charge in [-0.25, -0.2) is 4.98 Å². The Kier molecular flexibility index (Phi) is 8.56. The average Bonchev–Trinajstić information content (AvgIpc) is 3.20. The number of guanidine groups is 1. The summed E-state index contributed by atoms with van der Waals surface area (Å²) in [6.07, 6.45) is 1.80. The molecular formula is C20H28IN5S. The second kappa shape index (κ2) is 10.7. The average molecular weight is 497 g/mol. The van der Waals surface area contributed by atoms with Crippen LogP contribution in [0.3, 0.4) is 0 Å². The van der Waals surface area contributed by atoms with Gasteiger partial charge in [-0.1, -0.05) is 12.1 Å². The number of aromatic nitrogens is 2. The first kappa shape index (κ1) is 21.7. The van der Waals surface area contributed by atoms with E-state index in [1.165, 1.54) is 9.75 Å². The maximum atomic E-state index is 4.70. The number of thiophene rings is 1. The highest BCUT2D eigenvalue weighted by Crippen LogP contribution is 2.16. The Hall–Kier alpha value is -1.61. The van der Waals surface area contributed by atoms with E-state index in [1.54, 1.807) is 0 Å². The van der Waals surface area contributed by atoms with Crippen molar-refractivity contribution in [2.45, 2.75) is 39.7 Å². The molecule has 7 heteroatoms. The molecule has 3 N–H and O–H groups in total. The number of hydrogen-bond acceptors (Lipinski definition) is 3. The minimum absolute atomic E-state index is 0. The minimum Gasteiger partial charge on any atom is -0.357 e. The first-order chi connectivity index (χ1) is 12.6. The van der Waals surface area contributed by atoms with Crippen molar-refractivity contribution in [1.29, 1.82) is 0 Å². The van der Waals surface area contributed by atoms with E-state index in [1.807, 2.05) is 29.5 Å². The van der Waals surface area contributed by atoms with E-state index in [2.05, 4.69) is 59.6 Å². The van der Waals surface area contributed by atoms with Crippen LogP contribution in [0.4, 0.5) is 0 Å². The third kappa shape index (κ3) is 6.49. The van der Waals surface area contributed by atoms with E-state index in [-0.39, 0.29) is 24.0 Å².